The molecule has 1 aromatic carbocycles. The van der Waals surface area contributed by atoms with Crippen molar-refractivity contribution >= 4 is 5.96 Å². The summed E-state index contributed by atoms with van der Waals surface area (Å²) in [4.78, 5) is 6.43. The van der Waals surface area contributed by atoms with Crippen LogP contribution in [0.1, 0.15) is 18.1 Å². The van der Waals surface area contributed by atoms with E-state index >= 15 is 0 Å². The molecule has 21 heavy (non-hydrogen) atoms. The molecule has 0 fully saturated rings. The van der Waals surface area contributed by atoms with Gasteiger partial charge >= 0.3 is 0 Å². The molecule has 0 atom stereocenters. The number of aryl methyl sites for hydroxylation is 1. The highest BCUT2D eigenvalue weighted by Crippen LogP contribution is 2.10. The third-order valence-corrected chi connectivity index (χ3v) is 3.54. The van der Waals surface area contributed by atoms with Crippen molar-refractivity contribution < 1.29 is 4.39 Å². The van der Waals surface area contributed by atoms with E-state index in [0.29, 0.717) is 0 Å². The first-order valence-corrected chi connectivity index (χ1v) is 7.45. The zero-order valence-electron chi connectivity index (χ0n) is 13.5. The lowest BCUT2D eigenvalue weighted by molar-refractivity contribution is 0.357. The molecule has 118 valence electrons. The molecule has 5 heteroatoms. The molecular weight excluding hydrogens is 267 g/mol. The number of guanidine groups is 1. The van der Waals surface area contributed by atoms with Gasteiger partial charge in [-0.1, -0.05) is 13.0 Å². The predicted octanol–water partition coefficient (Wildman–Crippen LogP) is 1.79. The van der Waals surface area contributed by atoms with Crippen LogP contribution in [-0.2, 0) is 6.42 Å². The van der Waals surface area contributed by atoms with E-state index in [2.05, 4.69) is 34.5 Å². The zero-order chi connectivity index (χ0) is 15.7. The monoisotopic (exact) mass is 294 g/mol. The molecule has 0 saturated carbocycles. The van der Waals surface area contributed by atoms with E-state index < -0.39 is 0 Å². The van der Waals surface area contributed by atoms with Crippen LogP contribution < -0.4 is 10.6 Å². The SMILES string of the molecule is CCN(C)CCNC(=NC)NCCc1ccc(F)cc1C. The molecular formula is C16H27FN4. The van der Waals surface area contributed by atoms with Crippen LogP contribution in [0, 0.1) is 12.7 Å². The van der Waals surface area contributed by atoms with Crippen LogP contribution in [0.25, 0.3) is 0 Å². The fourth-order valence-corrected chi connectivity index (χ4v) is 2.00. The lowest BCUT2D eigenvalue weighted by Gasteiger charge is -2.16. The second kappa shape index (κ2) is 9.34. The predicted molar refractivity (Wildman–Crippen MR) is 87.4 cm³/mol. The fraction of sp³-hybridized carbons (Fsp3) is 0.562. The van der Waals surface area contributed by atoms with Gasteiger partial charge in [-0.3, -0.25) is 4.99 Å². The van der Waals surface area contributed by atoms with Gasteiger partial charge in [0.15, 0.2) is 5.96 Å². The summed E-state index contributed by atoms with van der Waals surface area (Å²) in [6.45, 7) is 7.73. The van der Waals surface area contributed by atoms with Gasteiger partial charge < -0.3 is 15.5 Å². The molecule has 4 nitrogen and oxygen atoms in total. The van der Waals surface area contributed by atoms with Crippen LogP contribution in [-0.4, -0.2) is 51.1 Å². The Labute approximate surface area is 127 Å². The van der Waals surface area contributed by atoms with Crippen LogP contribution in [0.2, 0.25) is 0 Å². The molecule has 1 aromatic rings. The Kier molecular flexibility index (Phi) is 7.75. The molecule has 1 rings (SSSR count). The van der Waals surface area contributed by atoms with Crippen molar-refractivity contribution in [1.29, 1.82) is 0 Å². The Balaban J connectivity index is 2.32. The van der Waals surface area contributed by atoms with Gasteiger partial charge in [0, 0.05) is 26.7 Å². The Morgan fingerprint density at radius 3 is 2.62 bits per heavy atom. The van der Waals surface area contributed by atoms with Gasteiger partial charge in [0.2, 0.25) is 0 Å². The van der Waals surface area contributed by atoms with Crippen molar-refractivity contribution in [2.24, 2.45) is 4.99 Å². The van der Waals surface area contributed by atoms with Gasteiger partial charge in [-0.2, -0.15) is 0 Å². The number of hydrogen-bond donors (Lipinski definition) is 2. The first-order valence-electron chi connectivity index (χ1n) is 7.45. The van der Waals surface area contributed by atoms with Gasteiger partial charge in [-0.15, -0.1) is 0 Å². The van der Waals surface area contributed by atoms with Crippen molar-refractivity contribution in [3.63, 3.8) is 0 Å². The van der Waals surface area contributed by atoms with Crippen molar-refractivity contribution in [2.75, 3.05) is 40.3 Å². The Bertz CT molecular complexity index is 460. The lowest BCUT2D eigenvalue weighted by Crippen LogP contribution is -2.41. The number of likely N-dealkylation sites (N-methyl/N-ethyl adjacent to an activating group) is 1. The van der Waals surface area contributed by atoms with E-state index in [1.54, 1.807) is 13.1 Å². The largest absolute Gasteiger partial charge is 0.356 e. The highest BCUT2D eigenvalue weighted by atomic mass is 19.1. The highest BCUT2D eigenvalue weighted by molar-refractivity contribution is 5.79. The second-order valence-electron chi connectivity index (χ2n) is 5.14. The summed E-state index contributed by atoms with van der Waals surface area (Å²) in [6, 6.07) is 4.93. The van der Waals surface area contributed by atoms with Gasteiger partial charge in [0.05, 0.1) is 0 Å². The van der Waals surface area contributed by atoms with Crippen LogP contribution >= 0.6 is 0 Å². The maximum absolute atomic E-state index is 13.0. The van der Waals surface area contributed by atoms with E-state index in [1.807, 2.05) is 13.0 Å². The summed E-state index contributed by atoms with van der Waals surface area (Å²) in [5, 5.41) is 6.56. The molecule has 0 bridgehead atoms. The van der Waals surface area contributed by atoms with Crippen molar-refractivity contribution in [2.45, 2.75) is 20.3 Å². The smallest absolute Gasteiger partial charge is 0.191 e. The minimum Gasteiger partial charge on any atom is -0.356 e. The number of rotatable bonds is 7. The number of nitrogens with zero attached hydrogens (tertiary/aromatic N) is 2. The minimum absolute atomic E-state index is 0.179. The molecule has 0 saturated heterocycles. The molecule has 0 unspecified atom stereocenters. The average Bonchev–Trinajstić information content (AvgIpc) is 2.47. The lowest BCUT2D eigenvalue weighted by atomic mass is 10.1. The number of nitrogens with one attached hydrogen (secondary N) is 2. The zero-order valence-corrected chi connectivity index (χ0v) is 13.5. The molecule has 2 N–H and O–H groups in total. The summed E-state index contributed by atoms with van der Waals surface area (Å²) < 4.78 is 13.0. The molecule has 0 aliphatic rings. The van der Waals surface area contributed by atoms with Crippen molar-refractivity contribution in [1.82, 2.24) is 15.5 Å². The van der Waals surface area contributed by atoms with Gasteiger partial charge in [-0.25, -0.2) is 4.39 Å². The Hall–Kier alpha value is -1.62. The van der Waals surface area contributed by atoms with Gasteiger partial charge in [0.25, 0.3) is 0 Å². The van der Waals surface area contributed by atoms with Crippen LogP contribution in [0.15, 0.2) is 23.2 Å². The summed E-state index contributed by atoms with van der Waals surface area (Å²) in [5.74, 6) is 0.626. The number of benzene rings is 1. The summed E-state index contributed by atoms with van der Waals surface area (Å²) in [5.41, 5.74) is 2.15. The van der Waals surface area contributed by atoms with Crippen LogP contribution in [0.4, 0.5) is 4.39 Å². The maximum atomic E-state index is 13.0. The fourth-order valence-electron chi connectivity index (χ4n) is 2.00. The number of hydrogen-bond acceptors (Lipinski definition) is 2. The Morgan fingerprint density at radius 1 is 1.29 bits per heavy atom. The van der Waals surface area contributed by atoms with Crippen molar-refractivity contribution in [3.8, 4) is 0 Å². The third-order valence-electron chi connectivity index (χ3n) is 3.54. The number of aliphatic imine (C=N–C) groups is 1. The summed E-state index contributed by atoms with van der Waals surface area (Å²) >= 11 is 0. The molecule has 0 aliphatic carbocycles. The molecule has 0 aliphatic heterocycles. The second-order valence-corrected chi connectivity index (χ2v) is 5.14. The van der Waals surface area contributed by atoms with Crippen LogP contribution in [0.5, 0.6) is 0 Å². The summed E-state index contributed by atoms with van der Waals surface area (Å²) in [7, 11) is 3.86. The van der Waals surface area contributed by atoms with Crippen molar-refractivity contribution in [3.05, 3.63) is 35.1 Å². The minimum atomic E-state index is -0.179. The molecule has 0 spiro atoms. The van der Waals surface area contributed by atoms with E-state index in [0.717, 1.165) is 49.7 Å². The summed E-state index contributed by atoms with van der Waals surface area (Å²) in [6.07, 6.45) is 0.849. The molecule has 0 aromatic heterocycles. The molecule has 0 amide bonds. The molecule has 0 radical (unpaired) electrons. The highest BCUT2D eigenvalue weighted by Gasteiger charge is 2.02. The average molecular weight is 294 g/mol. The van der Waals surface area contributed by atoms with Gasteiger partial charge in [0.1, 0.15) is 5.82 Å². The standard InChI is InChI=1S/C16H27FN4/c1-5-21(4)11-10-20-16(18-3)19-9-8-14-6-7-15(17)12-13(14)2/h6-7,12H,5,8-11H2,1-4H3,(H2,18,19,20). The van der Waals surface area contributed by atoms with E-state index in [4.69, 9.17) is 0 Å². The first kappa shape index (κ1) is 17.4. The molecule has 0 heterocycles. The maximum Gasteiger partial charge on any atom is 0.191 e. The topological polar surface area (TPSA) is 39.7 Å². The van der Waals surface area contributed by atoms with E-state index in [1.165, 1.54) is 6.07 Å². The van der Waals surface area contributed by atoms with Gasteiger partial charge in [-0.05, 0) is 50.2 Å². The quantitative estimate of drug-likeness (QED) is 0.595. The first-order chi connectivity index (χ1) is 10.1. The van der Waals surface area contributed by atoms with Crippen LogP contribution in [0.3, 0.4) is 0 Å². The Morgan fingerprint density at radius 2 is 2.00 bits per heavy atom. The third kappa shape index (κ3) is 6.58. The number of halogens is 1. The normalized spacial score (nSPS) is 11.8. The van der Waals surface area contributed by atoms with E-state index in [-0.39, 0.29) is 5.82 Å². The van der Waals surface area contributed by atoms with E-state index in [9.17, 15) is 4.39 Å².